The van der Waals surface area contributed by atoms with Crippen molar-refractivity contribution >= 4 is 48.5 Å². The van der Waals surface area contributed by atoms with Crippen molar-refractivity contribution < 1.29 is 8.42 Å². The lowest BCUT2D eigenvalue weighted by Gasteiger charge is -2.14. The molecule has 0 saturated carbocycles. The summed E-state index contributed by atoms with van der Waals surface area (Å²) in [6, 6.07) is 14.5. The quantitative estimate of drug-likeness (QED) is 0.388. The van der Waals surface area contributed by atoms with Gasteiger partial charge in [-0.15, -0.1) is 0 Å². The number of hydrogen-bond acceptors (Lipinski definition) is 2. The first-order chi connectivity index (χ1) is 13.3. The predicted octanol–water partition coefficient (Wildman–Crippen LogP) is 6.58. The van der Waals surface area contributed by atoms with Gasteiger partial charge in [0, 0.05) is 27.0 Å². The molecule has 0 bridgehead atoms. The number of benzene rings is 2. The maximum atomic E-state index is 13.5. The van der Waals surface area contributed by atoms with Crippen LogP contribution in [0.25, 0.3) is 10.9 Å². The molecule has 3 aromatic rings. The molecule has 1 heterocycles. The first kappa shape index (κ1) is 20.9. The van der Waals surface area contributed by atoms with Gasteiger partial charge in [-0.2, -0.15) is 0 Å². The van der Waals surface area contributed by atoms with E-state index in [0.29, 0.717) is 22.7 Å². The van der Waals surface area contributed by atoms with E-state index in [1.54, 1.807) is 24.3 Å². The highest BCUT2D eigenvalue weighted by Gasteiger charge is 2.24. The van der Waals surface area contributed by atoms with E-state index in [1.807, 2.05) is 57.2 Å². The minimum absolute atomic E-state index is 0.258. The lowest BCUT2D eigenvalue weighted by Crippen LogP contribution is -2.16. The average molecular weight is 479 g/mol. The number of hydrogen-bond donors (Lipinski definition) is 0. The van der Waals surface area contributed by atoms with Crippen molar-refractivity contribution in [3.8, 4) is 0 Å². The first-order valence-electron chi connectivity index (χ1n) is 8.84. The van der Waals surface area contributed by atoms with Crippen molar-refractivity contribution in [2.45, 2.75) is 32.1 Å². The Morgan fingerprint density at radius 1 is 1.18 bits per heavy atom. The number of fused-ring (bicyclic) bond motifs is 1. The minimum atomic E-state index is -3.77. The van der Waals surface area contributed by atoms with Crippen LogP contribution < -0.4 is 0 Å². The van der Waals surface area contributed by atoms with Crippen LogP contribution in [0.5, 0.6) is 0 Å². The summed E-state index contributed by atoms with van der Waals surface area (Å²) in [5.41, 5.74) is 3.21. The molecular formula is C22H21BrClNO2S. The number of nitrogens with zero attached hydrogens (tertiary/aromatic N) is 1. The highest BCUT2D eigenvalue weighted by atomic mass is 79.9. The molecule has 0 amide bonds. The summed E-state index contributed by atoms with van der Waals surface area (Å²) in [6.45, 7) is 5.74. The second-order valence-corrected chi connectivity index (χ2v) is 9.75. The monoisotopic (exact) mass is 477 g/mol. The fourth-order valence-electron chi connectivity index (χ4n) is 3.10. The van der Waals surface area contributed by atoms with Crippen LogP contribution in [-0.4, -0.2) is 12.4 Å². The first-order valence-corrected chi connectivity index (χ1v) is 11.5. The average Bonchev–Trinajstić information content (AvgIpc) is 3.02. The molecular weight excluding hydrogens is 458 g/mol. The van der Waals surface area contributed by atoms with Gasteiger partial charge in [-0.05, 0) is 72.6 Å². The van der Waals surface area contributed by atoms with Crippen LogP contribution in [-0.2, 0) is 16.4 Å². The Bertz CT molecular complexity index is 1190. The molecule has 0 unspecified atom stereocenters. The van der Waals surface area contributed by atoms with Gasteiger partial charge in [0.25, 0.3) is 10.0 Å². The SMILES string of the molecule is CC=CC(Cl)=C(C)Cc1cc2cccc(Br)c2n1S(=O)(=O)c1ccc(C)cc1. The second kappa shape index (κ2) is 8.27. The summed E-state index contributed by atoms with van der Waals surface area (Å²) >= 11 is 9.86. The molecule has 0 N–H and O–H groups in total. The van der Waals surface area contributed by atoms with E-state index in [0.717, 1.165) is 21.0 Å². The maximum Gasteiger partial charge on any atom is 0.268 e. The van der Waals surface area contributed by atoms with Crippen molar-refractivity contribution in [1.82, 2.24) is 3.97 Å². The Hall–Kier alpha value is -1.82. The predicted molar refractivity (Wildman–Crippen MR) is 120 cm³/mol. The lowest BCUT2D eigenvalue weighted by atomic mass is 10.1. The van der Waals surface area contributed by atoms with Gasteiger partial charge in [-0.25, -0.2) is 12.4 Å². The fraction of sp³-hybridized carbons (Fsp3) is 0.182. The van der Waals surface area contributed by atoms with E-state index in [2.05, 4.69) is 15.9 Å². The molecule has 28 heavy (non-hydrogen) atoms. The molecule has 0 fully saturated rings. The molecule has 0 spiro atoms. The Balaban J connectivity index is 2.28. The van der Waals surface area contributed by atoms with Crippen LogP contribution in [0.1, 0.15) is 25.1 Å². The summed E-state index contributed by atoms with van der Waals surface area (Å²) in [6.07, 6.45) is 4.10. The number of aromatic nitrogens is 1. The van der Waals surface area contributed by atoms with Gasteiger partial charge in [0.15, 0.2) is 0 Å². The van der Waals surface area contributed by atoms with E-state index in [-0.39, 0.29) is 4.90 Å². The standard InChI is InChI=1S/C22H21BrClNO2S/c1-4-6-21(24)16(3)13-18-14-17-7-5-8-20(23)22(17)25(18)28(26,27)19-11-9-15(2)10-12-19/h4-12,14H,13H2,1-3H3. The molecule has 1 aromatic heterocycles. The van der Waals surface area contributed by atoms with Crippen LogP contribution in [0.2, 0.25) is 0 Å². The molecule has 3 nitrogen and oxygen atoms in total. The largest absolute Gasteiger partial charge is 0.268 e. The Morgan fingerprint density at radius 2 is 1.86 bits per heavy atom. The van der Waals surface area contributed by atoms with Crippen molar-refractivity contribution in [2.75, 3.05) is 0 Å². The van der Waals surface area contributed by atoms with E-state index in [4.69, 9.17) is 11.6 Å². The van der Waals surface area contributed by atoms with Gasteiger partial charge in [0.1, 0.15) is 0 Å². The second-order valence-electron chi connectivity index (χ2n) is 6.70. The van der Waals surface area contributed by atoms with E-state index in [9.17, 15) is 8.42 Å². The summed E-state index contributed by atoms with van der Waals surface area (Å²) in [5, 5.41) is 1.47. The summed E-state index contributed by atoms with van der Waals surface area (Å²) in [4.78, 5) is 0.258. The molecule has 6 heteroatoms. The third-order valence-electron chi connectivity index (χ3n) is 4.53. The zero-order valence-corrected chi connectivity index (χ0v) is 19.1. The normalized spacial score (nSPS) is 13.3. The number of para-hydroxylation sites is 1. The van der Waals surface area contributed by atoms with Gasteiger partial charge in [-0.1, -0.05) is 47.5 Å². The van der Waals surface area contributed by atoms with Gasteiger partial charge in [-0.3, -0.25) is 0 Å². The van der Waals surface area contributed by atoms with Crippen molar-refractivity contribution in [3.05, 3.63) is 87.0 Å². The topological polar surface area (TPSA) is 39.1 Å². The van der Waals surface area contributed by atoms with E-state index in [1.165, 1.54) is 3.97 Å². The van der Waals surface area contributed by atoms with Crippen LogP contribution >= 0.6 is 27.5 Å². The van der Waals surface area contributed by atoms with Crippen LogP contribution in [0.4, 0.5) is 0 Å². The van der Waals surface area contributed by atoms with E-state index < -0.39 is 10.0 Å². The van der Waals surface area contributed by atoms with Crippen molar-refractivity contribution in [2.24, 2.45) is 0 Å². The zero-order valence-electron chi connectivity index (χ0n) is 15.9. The molecule has 2 aromatic carbocycles. The smallest absolute Gasteiger partial charge is 0.237 e. The molecule has 0 aliphatic carbocycles. The molecule has 0 aliphatic rings. The highest BCUT2D eigenvalue weighted by Crippen LogP contribution is 2.32. The van der Waals surface area contributed by atoms with Crippen molar-refractivity contribution in [3.63, 3.8) is 0 Å². The fourth-order valence-corrected chi connectivity index (χ4v) is 5.53. The Kier molecular flexibility index (Phi) is 6.18. The third kappa shape index (κ3) is 3.97. The number of halogens is 2. The van der Waals surface area contributed by atoms with Gasteiger partial charge in [0.2, 0.25) is 0 Å². The molecule has 0 aliphatic heterocycles. The molecule has 146 valence electrons. The van der Waals surface area contributed by atoms with Gasteiger partial charge < -0.3 is 0 Å². The minimum Gasteiger partial charge on any atom is -0.237 e. The molecule has 0 radical (unpaired) electrons. The zero-order chi connectivity index (χ0) is 20.5. The number of aryl methyl sites for hydroxylation is 1. The molecule has 0 atom stereocenters. The van der Waals surface area contributed by atoms with Crippen molar-refractivity contribution in [1.29, 1.82) is 0 Å². The third-order valence-corrected chi connectivity index (χ3v) is 7.38. The van der Waals surface area contributed by atoms with Crippen LogP contribution in [0.3, 0.4) is 0 Å². The van der Waals surface area contributed by atoms with Crippen LogP contribution in [0, 0.1) is 6.92 Å². The summed E-state index contributed by atoms with van der Waals surface area (Å²) in [5.74, 6) is 0. The Morgan fingerprint density at radius 3 is 2.50 bits per heavy atom. The summed E-state index contributed by atoms with van der Waals surface area (Å²) < 4.78 is 29.3. The number of allylic oxidation sites excluding steroid dienone is 4. The van der Waals surface area contributed by atoms with Gasteiger partial charge >= 0.3 is 0 Å². The Labute approximate surface area is 179 Å². The maximum absolute atomic E-state index is 13.5. The van der Waals surface area contributed by atoms with Gasteiger partial charge in [0.05, 0.1) is 10.4 Å². The lowest BCUT2D eigenvalue weighted by molar-refractivity contribution is 0.587. The highest BCUT2D eigenvalue weighted by molar-refractivity contribution is 9.10. The number of rotatable bonds is 5. The molecule has 3 rings (SSSR count). The van der Waals surface area contributed by atoms with Crippen LogP contribution in [0.15, 0.2) is 80.7 Å². The molecule has 0 saturated heterocycles. The van der Waals surface area contributed by atoms with E-state index >= 15 is 0 Å². The summed E-state index contributed by atoms with van der Waals surface area (Å²) in [7, 11) is -3.77.